The molecule has 160 valence electrons. The minimum atomic E-state index is 0.189. The third-order valence-electron chi connectivity index (χ3n) is 5.41. The molecule has 0 amide bonds. The summed E-state index contributed by atoms with van der Waals surface area (Å²) < 4.78 is 5.90. The molecule has 3 aromatic heterocycles. The topological polar surface area (TPSA) is 142 Å². The zero-order chi connectivity index (χ0) is 21.9. The molecule has 4 N–H and O–H groups in total. The van der Waals surface area contributed by atoms with Gasteiger partial charge in [-0.1, -0.05) is 12.1 Å². The Balaban J connectivity index is 1.35. The molecule has 32 heavy (non-hydrogen) atoms. The first kappa shape index (κ1) is 19.7. The zero-order valence-electron chi connectivity index (χ0n) is 17.2. The van der Waals surface area contributed by atoms with Gasteiger partial charge in [0, 0.05) is 49.6 Å². The number of aromatic amines is 1. The first-order chi connectivity index (χ1) is 15.7. The van der Waals surface area contributed by atoms with E-state index in [1.165, 1.54) is 0 Å². The van der Waals surface area contributed by atoms with Crippen LogP contribution in [-0.4, -0.2) is 51.6 Å². The van der Waals surface area contributed by atoms with Crippen LogP contribution in [0.15, 0.2) is 42.6 Å². The molecule has 5 rings (SSSR count). The van der Waals surface area contributed by atoms with Gasteiger partial charge in [0.25, 0.3) is 0 Å². The largest absolute Gasteiger partial charge is 0.486 e. The fourth-order valence-corrected chi connectivity index (χ4v) is 3.72. The maximum Gasteiger partial charge on any atom is 0.207 e. The van der Waals surface area contributed by atoms with E-state index < -0.39 is 0 Å². The maximum absolute atomic E-state index is 9.69. The normalized spacial score (nSPS) is 13.8. The van der Waals surface area contributed by atoms with Crippen molar-refractivity contribution < 1.29 is 4.74 Å². The number of nitrogens with two attached hydrogens (primary N) is 1. The van der Waals surface area contributed by atoms with Gasteiger partial charge in [-0.15, -0.1) is 5.10 Å². The second-order valence-electron chi connectivity index (χ2n) is 7.46. The van der Waals surface area contributed by atoms with Crippen molar-refractivity contribution >= 4 is 22.8 Å². The SMILES string of the molecule is N#Cc1cc(-c2ccc(N3CCNCC3)nc2)ccc1COc1cc(N)nc2n[nH]nc12. The minimum Gasteiger partial charge on any atom is -0.486 e. The Morgan fingerprint density at radius 2 is 1.94 bits per heavy atom. The lowest BCUT2D eigenvalue weighted by atomic mass is 10.0. The van der Waals surface area contributed by atoms with Crippen LogP contribution in [0, 0.1) is 11.3 Å². The number of aromatic nitrogens is 5. The molecular formula is C22H21N9O. The summed E-state index contributed by atoms with van der Waals surface area (Å²) in [6.07, 6.45) is 1.85. The van der Waals surface area contributed by atoms with Gasteiger partial charge in [0.2, 0.25) is 5.65 Å². The molecule has 1 aromatic carbocycles. The Labute approximate surface area is 184 Å². The average Bonchev–Trinajstić information content (AvgIpc) is 3.31. The van der Waals surface area contributed by atoms with Crippen LogP contribution in [0.1, 0.15) is 11.1 Å². The number of ether oxygens (including phenoxy) is 1. The molecule has 1 aliphatic heterocycles. The van der Waals surface area contributed by atoms with Crippen molar-refractivity contribution in [2.24, 2.45) is 0 Å². The number of nitrogen functional groups attached to an aromatic ring is 1. The molecule has 0 atom stereocenters. The van der Waals surface area contributed by atoms with Gasteiger partial charge >= 0.3 is 0 Å². The van der Waals surface area contributed by atoms with E-state index in [1.54, 1.807) is 6.07 Å². The van der Waals surface area contributed by atoms with Gasteiger partial charge in [-0.25, -0.2) is 9.97 Å². The van der Waals surface area contributed by atoms with E-state index in [0.29, 0.717) is 22.5 Å². The second kappa shape index (κ2) is 8.49. The molecule has 1 saturated heterocycles. The van der Waals surface area contributed by atoms with Crippen LogP contribution < -0.4 is 20.7 Å². The number of pyridine rings is 2. The Morgan fingerprint density at radius 1 is 1.09 bits per heavy atom. The van der Waals surface area contributed by atoms with Gasteiger partial charge in [0.05, 0.1) is 11.6 Å². The number of hydrogen-bond acceptors (Lipinski definition) is 9. The van der Waals surface area contributed by atoms with Gasteiger partial charge < -0.3 is 20.7 Å². The fourth-order valence-electron chi connectivity index (χ4n) is 3.72. The number of hydrogen-bond donors (Lipinski definition) is 3. The zero-order valence-corrected chi connectivity index (χ0v) is 17.2. The van der Waals surface area contributed by atoms with E-state index in [1.807, 2.05) is 36.5 Å². The number of fused-ring (bicyclic) bond motifs is 1. The average molecular weight is 427 g/mol. The minimum absolute atomic E-state index is 0.189. The van der Waals surface area contributed by atoms with Crippen molar-refractivity contribution in [2.45, 2.75) is 6.61 Å². The summed E-state index contributed by atoms with van der Waals surface area (Å²) in [6, 6.07) is 13.6. The van der Waals surface area contributed by atoms with E-state index in [9.17, 15) is 5.26 Å². The molecule has 1 aliphatic rings. The third-order valence-corrected chi connectivity index (χ3v) is 5.41. The molecule has 4 aromatic rings. The predicted octanol–water partition coefficient (Wildman–Crippen LogP) is 1.86. The number of nitriles is 1. The van der Waals surface area contributed by atoms with Crippen molar-refractivity contribution in [3.63, 3.8) is 0 Å². The highest BCUT2D eigenvalue weighted by atomic mass is 16.5. The van der Waals surface area contributed by atoms with Crippen LogP contribution in [-0.2, 0) is 6.61 Å². The van der Waals surface area contributed by atoms with Crippen LogP contribution in [0.4, 0.5) is 11.6 Å². The molecule has 10 heteroatoms. The highest BCUT2D eigenvalue weighted by Gasteiger charge is 2.14. The standard InChI is InChI=1S/C22H21N9O/c23-11-17-9-14(15-3-4-20(26-12-15)31-7-5-25-6-8-31)1-2-16(17)13-32-18-10-19(24)27-22-21(18)28-30-29-22/h1-4,9-10,12,25H,5-8,13H2,(H3,24,27,28,29,30). The molecule has 1 fully saturated rings. The molecule has 0 unspecified atom stereocenters. The van der Waals surface area contributed by atoms with Crippen molar-refractivity contribution in [1.82, 2.24) is 30.7 Å². The van der Waals surface area contributed by atoms with Crippen LogP contribution in [0.25, 0.3) is 22.3 Å². The Hall–Kier alpha value is -4.23. The third kappa shape index (κ3) is 3.89. The predicted molar refractivity (Wildman–Crippen MR) is 120 cm³/mol. The van der Waals surface area contributed by atoms with E-state index >= 15 is 0 Å². The van der Waals surface area contributed by atoms with E-state index in [2.05, 4.69) is 41.7 Å². The maximum atomic E-state index is 9.69. The number of piperazine rings is 1. The number of benzene rings is 1. The molecule has 0 spiro atoms. The number of nitrogens with zero attached hydrogens (tertiary/aromatic N) is 6. The van der Waals surface area contributed by atoms with Gasteiger partial charge in [0.15, 0.2) is 11.3 Å². The molecule has 0 radical (unpaired) electrons. The molecule has 4 heterocycles. The molecule has 0 aliphatic carbocycles. The number of nitrogens with one attached hydrogen (secondary N) is 2. The summed E-state index contributed by atoms with van der Waals surface area (Å²) in [5.41, 5.74) is 9.86. The van der Waals surface area contributed by atoms with Gasteiger partial charge in [0.1, 0.15) is 18.2 Å². The Bertz CT molecular complexity index is 1290. The lowest BCUT2D eigenvalue weighted by Gasteiger charge is -2.28. The highest BCUT2D eigenvalue weighted by Crippen LogP contribution is 2.27. The number of anilines is 2. The monoisotopic (exact) mass is 427 g/mol. The summed E-state index contributed by atoms with van der Waals surface area (Å²) in [5, 5.41) is 23.5. The van der Waals surface area contributed by atoms with Crippen LogP contribution in [0.5, 0.6) is 5.75 Å². The quantitative estimate of drug-likeness (QED) is 0.435. The molecule has 0 saturated carbocycles. The van der Waals surface area contributed by atoms with E-state index in [0.717, 1.165) is 48.7 Å². The lowest BCUT2D eigenvalue weighted by Crippen LogP contribution is -2.43. The smallest absolute Gasteiger partial charge is 0.207 e. The summed E-state index contributed by atoms with van der Waals surface area (Å²) in [6.45, 7) is 4.01. The van der Waals surface area contributed by atoms with Crippen LogP contribution >= 0.6 is 0 Å². The fraction of sp³-hybridized carbons (Fsp3) is 0.227. The lowest BCUT2D eigenvalue weighted by molar-refractivity contribution is 0.309. The Morgan fingerprint density at radius 3 is 2.72 bits per heavy atom. The van der Waals surface area contributed by atoms with Crippen molar-refractivity contribution in [3.8, 4) is 22.9 Å². The van der Waals surface area contributed by atoms with Gasteiger partial charge in [-0.3, -0.25) is 0 Å². The molecule has 10 nitrogen and oxygen atoms in total. The van der Waals surface area contributed by atoms with Crippen molar-refractivity contribution in [3.05, 3.63) is 53.7 Å². The first-order valence-electron chi connectivity index (χ1n) is 10.3. The van der Waals surface area contributed by atoms with Crippen molar-refractivity contribution in [2.75, 3.05) is 36.8 Å². The van der Waals surface area contributed by atoms with Crippen LogP contribution in [0.2, 0.25) is 0 Å². The highest BCUT2D eigenvalue weighted by molar-refractivity contribution is 5.79. The van der Waals surface area contributed by atoms with Crippen LogP contribution in [0.3, 0.4) is 0 Å². The van der Waals surface area contributed by atoms with Gasteiger partial charge in [-0.2, -0.15) is 15.6 Å². The summed E-state index contributed by atoms with van der Waals surface area (Å²) in [7, 11) is 0. The second-order valence-corrected chi connectivity index (χ2v) is 7.46. The molecule has 0 bridgehead atoms. The summed E-state index contributed by atoms with van der Waals surface area (Å²) in [5.74, 6) is 1.72. The number of rotatable bonds is 5. The molecular weight excluding hydrogens is 406 g/mol. The van der Waals surface area contributed by atoms with E-state index in [-0.39, 0.29) is 12.4 Å². The summed E-state index contributed by atoms with van der Waals surface area (Å²) >= 11 is 0. The number of H-pyrrole nitrogens is 1. The summed E-state index contributed by atoms with van der Waals surface area (Å²) in [4.78, 5) is 11.0. The van der Waals surface area contributed by atoms with Crippen molar-refractivity contribution in [1.29, 1.82) is 5.26 Å². The van der Waals surface area contributed by atoms with E-state index in [4.69, 9.17) is 10.5 Å². The first-order valence-corrected chi connectivity index (χ1v) is 10.3. The Kier molecular flexibility index (Phi) is 5.23. The van der Waals surface area contributed by atoms with Gasteiger partial charge in [-0.05, 0) is 23.8 Å².